The Morgan fingerprint density at radius 3 is 1.90 bits per heavy atom. The Bertz CT molecular complexity index is 582. The lowest BCUT2D eigenvalue weighted by Gasteiger charge is -2.31. The van der Waals surface area contributed by atoms with Crippen molar-refractivity contribution in [1.29, 1.82) is 0 Å². The van der Waals surface area contributed by atoms with Crippen molar-refractivity contribution >= 4 is 23.5 Å². The van der Waals surface area contributed by atoms with Gasteiger partial charge >= 0.3 is 7.12 Å². The first-order valence-electron chi connectivity index (χ1n) is 6.79. The minimum absolute atomic E-state index is 0.527. The standard InChI is InChI=1S/C9H10BNO2.C6H14O2/c1-11-5-4-7-6-8(10(12)13)2-3-9(7)11;1-5(2,7)6(3,4)8/h2-6,12-13H,1H3;7-8H,1-4H3. The third-order valence-electron chi connectivity index (χ3n) is 3.70. The van der Waals surface area contributed by atoms with Crippen LogP contribution in [-0.2, 0) is 7.05 Å². The molecule has 0 aliphatic heterocycles. The molecule has 0 saturated carbocycles. The fraction of sp³-hybridized carbons (Fsp3) is 0.467. The van der Waals surface area contributed by atoms with E-state index in [1.54, 1.807) is 39.8 Å². The molecule has 2 rings (SSSR count). The first-order valence-corrected chi connectivity index (χ1v) is 6.79. The first kappa shape index (κ1) is 17.7. The summed E-state index contributed by atoms with van der Waals surface area (Å²) >= 11 is 0. The van der Waals surface area contributed by atoms with Gasteiger partial charge in [0.1, 0.15) is 0 Å². The second kappa shape index (κ2) is 6.19. The summed E-state index contributed by atoms with van der Waals surface area (Å²) in [4.78, 5) is 0. The van der Waals surface area contributed by atoms with Crippen molar-refractivity contribution in [2.45, 2.75) is 38.9 Å². The number of rotatable bonds is 2. The fourth-order valence-electron chi connectivity index (χ4n) is 1.46. The molecule has 0 unspecified atom stereocenters. The number of hydrogen-bond acceptors (Lipinski definition) is 4. The molecule has 0 aliphatic carbocycles. The van der Waals surface area contributed by atoms with Crippen LogP contribution in [0.4, 0.5) is 0 Å². The Labute approximate surface area is 125 Å². The molecule has 0 fully saturated rings. The summed E-state index contributed by atoms with van der Waals surface area (Å²) in [6.07, 6.45) is 1.94. The van der Waals surface area contributed by atoms with E-state index in [4.69, 9.17) is 20.3 Å². The number of benzene rings is 1. The number of aliphatic hydroxyl groups is 2. The van der Waals surface area contributed by atoms with Gasteiger partial charge in [0, 0.05) is 18.8 Å². The molecular formula is C15H24BNO4. The molecule has 21 heavy (non-hydrogen) atoms. The summed E-state index contributed by atoms with van der Waals surface area (Å²) in [5, 5.41) is 37.1. The molecule has 0 amide bonds. The van der Waals surface area contributed by atoms with Crippen LogP contribution < -0.4 is 5.46 Å². The van der Waals surface area contributed by atoms with Gasteiger partial charge < -0.3 is 24.8 Å². The van der Waals surface area contributed by atoms with Gasteiger partial charge in [-0.1, -0.05) is 12.1 Å². The minimum Gasteiger partial charge on any atom is -0.423 e. The number of nitrogens with zero attached hydrogens (tertiary/aromatic N) is 1. The maximum atomic E-state index is 9.10. The highest BCUT2D eigenvalue weighted by Gasteiger charge is 2.31. The van der Waals surface area contributed by atoms with Crippen LogP contribution in [0.1, 0.15) is 27.7 Å². The normalized spacial score (nSPS) is 12.0. The van der Waals surface area contributed by atoms with Crippen LogP contribution in [0, 0.1) is 0 Å². The van der Waals surface area contributed by atoms with Crippen LogP contribution in [0.25, 0.3) is 10.9 Å². The smallest absolute Gasteiger partial charge is 0.423 e. The lowest BCUT2D eigenvalue weighted by Crippen LogP contribution is -2.44. The van der Waals surface area contributed by atoms with Crippen LogP contribution in [0.5, 0.6) is 0 Å². The Morgan fingerprint density at radius 1 is 0.952 bits per heavy atom. The Kier molecular flexibility index (Phi) is 5.23. The zero-order chi connectivity index (χ0) is 16.4. The van der Waals surface area contributed by atoms with Gasteiger partial charge in [0.15, 0.2) is 0 Å². The summed E-state index contributed by atoms with van der Waals surface area (Å²) < 4.78 is 1.99. The van der Waals surface area contributed by atoms with Crippen LogP contribution in [-0.4, -0.2) is 43.1 Å². The molecule has 0 spiro atoms. The zero-order valence-electron chi connectivity index (χ0n) is 13.2. The molecule has 5 nitrogen and oxygen atoms in total. The lowest BCUT2D eigenvalue weighted by molar-refractivity contribution is -0.107. The molecule has 116 valence electrons. The molecule has 0 aliphatic rings. The quantitative estimate of drug-likeness (QED) is 0.603. The lowest BCUT2D eigenvalue weighted by atomic mass is 9.80. The topological polar surface area (TPSA) is 85.9 Å². The van der Waals surface area contributed by atoms with Crippen LogP contribution >= 0.6 is 0 Å². The van der Waals surface area contributed by atoms with Crippen molar-refractivity contribution in [1.82, 2.24) is 4.57 Å². The number of hydrogen-bond donors (Lipinski definition) is 4. The molecule has 0 saturated heterocycles. The van der Waals surface area contributed by atoms with E-state index in [1.165, 1.54) is 0 Å². The van der Waals surface area contributed by atoms with Crippen molar-refractivity contribution in [3.63, 3.8) is 0 Å². The molecule has 6 heteroatoms. The average molecular weight is 293 g/mol. The molecule has 1 aromatic carbocycles. The van der Waals surface area contributed by atoms with Gasteiger partial charge in [-0.3, -0.25) is 0 Å². The maximum Gasteiger partial charge on any atom is 0.488 e. The molecule has 4 N–H and O–H groups in total. The largest absolute Gasteiger partial charge is 0.488 e. The SMILES string of the molecule is CC(C)(O)C(C)(C)O.Cn1ccc2cc(B(O)O)ccc21. The number of aromatic nitrogens is 1. The van der Waals surface area contributed by atoms with E-state index >= 15 is 0 Å². The number of aryl methyl sites for hydroxylation is 1. The van der Waals surface area contributed by atoms with E-state index < -0.39 is 18.3 Å². The monoisotopic (exact) mass is 293 g/mol. The van der Waals surface area contributed by atoms with Crippen molar-refractivity contribution in [2.75, 3.05) is 0 Å². The molecule has 1 heterocycles. The van der Waals surface area contributed by atoms with E-state index in [-0.39, 0.29) is 0 Å². The third kappa shape index (κ3) is 4.57. The van der Waals surface area contributed by atoms with Crippen LogP contribution in [0.2, 0.25) is 0 Å². The zero-order valence-corrected chi connectivity index (χ0v) is 13.2. The maximum absolute atomic E-state index is 9.10. The van der Waals surface area contributed by atoms with Crippen molar-refractivity contribution in [3.05, 3.63) is 30.5 Å². The minimum atomic E-state index is -1.38. The van der Waals surface area contributed by atoms with E-state index in [9.17, 15) is 0 Å². The molecule has 2 aromatic rings. The molecule has 1 aromatic heterocycles. The highest BCUT2D eigenvalue weighted by molar-refractivity contribution is 6.58. The summed E-state index contributed by atoms with van der Waals surface area (Å²) in [6, 6.07) is 7.32. The third-order valence-corrected chi connectivity index (χ3v) is 3.70. The Balaban J connectivity index is 0.000000240. The van der Waals surface area contributed by atoms with Gasteiger partial charge in [-0.25, -0.2) is 0 Å². The van der Waals surface area contributed by atoms with Crippen LogP contribution in [0.3, 0.4) is 0 Å². The van der Waals surface area contributed by atoms with E-state index in [2.05, 4.69) is 0 Å². The summed E-state index contributed by atoms with van der Waals surface area (Å²) in [5.41, 5.74) is -0.400. The van der Waals surface area contributed by atoms with Crippen molar-refractivity contribution in [2.24, 2.45) is 7.05 Å². The summed E-state index contributed by atoms with van der Waals surface area (Å²) in [5.74, 6) is 0. The Hall–Kier alpha value is -1.34. The second-order valence-corrected chi connectivity index (χ2v) is 6.24. The highest BCUT2D eigenvalue weighted by atomic mass is 16.4. The number of fused-ring (bicyclic) bond motifs is 1. The summed E-state index contributed by atoms with van der Waals surface area (Å²) in [6.45, 7) is 6.31. The molecule has 0 atom stereocenters. The fourth-order valence-corrected chi connectivity index (χ4v) is 1.46. The van der Waals surface area contributed by atoms with Gasteiger partial charge in [0.2, 0.25) is 0 Å². The average Bonchev–Trinajstić information content (AvgIpc) is 2.69. The highest BCUT2D eigenvalue weighted by Crippen LogP contribution is 2.19. The van der Waals surface area contributed by atoms with E-state index in [1.807, 2.05) is 29.9 Å². The summed E-state index contributed by atoms with van der Waals surface area (Å²) in [7, 11) is 0.571. The van der Waals surface area contributed by atoms with E-state index in [0.29, 0.717) is 5.46 Å². The van der Waals surface area contributed by atoms with Crippen molar-refractivity contribution < 1.29 is 20.3 Å². The van der Waals surface area contributed by atoms with Crippen LogP contribution in [0.15, 0.2) is 30.5 Å². The second-order valence-electron chi connectivity index (χ2n) is 6.24. The van der Waals surface area contributed by atoms with Gasteiger partial charge in [-0.2, -0.15) is 0 Å². The Morgan fingerprint density at radius 2 is 1.48 bits per heavy atom. The van der Waals surface area contributed by atoms with Crippen molar-refractivity contribution in [3.8, 4) is 0 Å². The molecular weight excluding hydrogens is 269 g/mol. The van der Waals surface area contributed by atoms with Gasteiger partial charge in [-0.15, -0.1) is 0 Å². The van der Waals surface area contributed by atoms with Gasteiger partial charge in [-0.05, 0) is 50.7 Å². The van der Waals surface area contributed by atoms with Gasteiger partial charge in [0.05, 0.1) is 11.2 Å². The predicted molar refractivity (Wildman–Crippen MR) is 85.3 cm³/mol. The predicted octanol–water partition coefficient (Wildman–Crippen LogP) is 0.386. The molecule has 0 bridgehead atoms. The van der Waals surface area contributed by atoms with E-state index in [0.717, 1.165) is 10.9 Å². The first-order chi connectivity index (χ1) is 9.43. The van der Waals surface area contributed by atoms with Gasteiger partial charge in [0.25, 0.3) is 0 Å². The molecule has 0 radical (unpaired) electrons.